The summed E-state index contributed by atoms with van der Waals surface area (Å²) >= 11 is 0. The Bertz CT molecular complexity index is 507. The zero-order chi connectivity index (χ0) is 16.0. The van der Waals surface area contributed by atoms with Gasteiger partial charge in [0.1, 0.15) is 5.60 Å². The maximum absolute atomic E-state index is 11.7. The molecule has 0 aliphatic rings. The maximum atomic E-state index is 11.7. The number of hydrogen-bond acceptors (Lipinski definition) is 4. The summed E-state index contributed by atoms with van der Waals surface area (Å²) in [6.45, 7) is 5.33. The van der Waals surface area contributed by atoms with Crippen LogP contribution in [-0.4, -0.2) is 36.0 Å². The van der Waals surface area contributed by atoms with Crippen LogP contribution in [0.15, 0.2) is 24.3 Å². The number of carboxylic acids is 1. The lowest BCUT2D eigenvalue weighted by molar-refractivity contribution is -0.148. The van der Waals surface area contributed by atoms with Crippen molar-refractivity contribution in [3.8, 4) is 0 Å². The van der Waals surface area contributed by atoms with Gasteiger partial charge in [-0.15, -0.1) is 0 Å². The SMILES string of the molecule is COC(Cc1cccc(NC(=O)OC(C)(C)C)c1)C(=O)O. The van der Waals surface area contributed by atoms with Crippen molar-refractivity contribution < 1.29 is 24.2 Å². The molecule has 0 bridgehead atoms. The largest absolute Gasteiger partial charge is 0.479 e. The summed E-state index contributed by atoms with van der Waals surface area (Å²) in [6.07, 6.45) is -1.25. The molecule has 21 heavy (non-hydrogen) atoms. The number of rotatable bonds is 5. The number of nitrogens with one attached hydrogen (secondary N) is 1. The van der Waals surface area contributed by atoms with E-state index in [4.69, 9.17) is 14.6 Å². The number of anilines is 1. The number of carboxylic acid groups (broad SMARTS) is 1. The van der Waals surface area contributed by atoms with Crippen LogP contribution in [0.2, 0.25) is 0 Å². The van der Waals surface area contributed by atoms with Crippen LogP contribution in [0.1, 0.15) is 26.3 Å². The van der Waals surface area contributed by atoms with Gasteiger partial charge in [-0.1, -0.05) is 12.1 Å². The third-order valence-electron chi connectivity index (χ3n) is 2.55. The molecule has 0 saturated carbocycles. The predicted octanol–water partition coefficient (Wildman–Crippen LogP) is 2.68. The maximum Gasteiger partial charge on any atom is 0.412 e. The Labute approximate surface area is 124 Å². The van der Waals surface area contributed by atoms with E-state index in [0.29, 0.717) is 5.69 Å². The molecule has 1 unspecified atom stereocenters. The van der Waals surface area contributed by atoms with Gasteiger partial charge in [-0.2, -0.15) is 0 Å². The van der Waals surface area contributed by atoms with Crippen molar-refractivity contribution in [2.75, 3.05) is 12.4 Å². The number of benzene rings is 1. The molecule has 116 valence electrons. The summed E-state index contributed by atoms with van der Waals surface area (Å²) in [5, 5.41) is 11.6. The standard InChI is InChI=1S/C15H21NO5/c1-15(2,3)21-14(19)16-11-7-5-6-10(8-11)9-12(20-4)13(17)18/h5-8,12H,9H2,1-4H3,(H,16,19)(H,17,18). The lowest BCUT2D eigenvalue weighted by Crippen LogP contribution is -2.27. The van der Waals surface area contributed by atoms with Gasteiger partial charge in [-0.3, -0.25) is 5.32 Å². The molecule has 0 spiro atoms. The van der Waals surface area contributed by atoms with Crippen LogP contribution in [0.4, 0.5) is 10.5 Å². The van der Waals surface area contributed by atoms with Crippen LogP contribution in [0.5, 0.6) is 0 Å². The molecule has 6 heteroatoms. The van der Waals surface area contributed by atoms with E-state index in [1.165, 1.54) is 7.11 Å². The Balaban J connectivity index is 2.72. The van der Waals surface area contributed by atoms with Crippen LogP contribution in [0.3, 0.4) is 0 Å². The topological polar surface area (TPSA) is 84.9 Å². The Hall–Kier alpha value is -2.08. The second-order valence-corrected chi connectivity index (χ2v) is 5.59. The molecule has 0 aromatic heterocycles. The molecule has 0 fully saturated rings. The van der Waals surface area contributed by atoms with E-state index >= 15 is 0 Å². The van der Waals surface area contributed by atoms with E-state index in [0.717, 1.165) is 5.56 Å². The molecule has 1 amide bonds. The van der Waals surface area contributed by atoms with Gasteiger partial charge in [0.2, 0.25) is 0 Å². The average molecular weight is 295 g/mol. The molecule has 0 radical (unpaired) electrons. The molecule has 2 N–H and O–H groups in total. The fourth-order valence-corrected chi connectivity index (χ4v) is 1.68. The predicted molar refractivity (Wildman–Crippen MR) is 78.4 cm³/mol. The summed E-state index contributed by atoms with van der Waals surface area (Å²) < 4.78 is 10.0. The molecule has 1 atom stereocenters. The highest BCUT2D eigenvalue weighted by Gasteiger charge is 2.18. The van der Waals surface area contributed by atoms with Gasteiger partial charge in [0.15, 0.2) is 6.10 Å². The third kappa shape index (κ3) is 6.27. The van der Waals surface area contributed by atoms with Crippen LogP contribution in [0.25, 0.3) is 0 Å². The van der Waals surface area contributed by atoms with Crippen molar-refractivity contribution in [1.29, 1.82) is 0 Å². The molecule has 1 aromatic rings. The number of carbonyl (C=O) groups is 2. The summed E-state index contributed by atoms with van der Waals surface area (Å²) in [5.74, 6) is -1.02. The summed E-state index contributed by atoms with van der Waals surface area (Å²) in [5.41, 5.74) is 0.714. The minimum Gasteiger partial charge on any atom is -0.479 e. The normalized spacial score (nSPS) is 12.6. The second kappa shape index (κ2) is 7.08. The highest BCUT2D eigenvalue weighted by atomic mass is 16.6. The van der Waals surface area contributed by atoms with Gasteiger partial charge in [-0.25, -0.2) is 9.59 Å². The van der Waals surface area contributed by atoms with Crippen LogP contribution in [-0.2, 0) is 20.7 Å². The summed E-state index contributed by atoms with van der Waals surface area (Å²) in [6, 6.07) is 6.90. The van der Waals surface area contributed by atoms with Crippen LogP contribution >= 0.6 is 0 Å². The van der Waals surface area contributed by atoms with E-state index in [-0.39, 0.29) is 6.42 Å². The Morgan fingerprint density at radius 1 is 1.33 bits per heavy atom. The molecule has 1 aromatic carbocycles. The quantitative estimate of drug-likeness (QED) is 0.872. The molecule has 0 saturated heterocycles. The highest BCUT2D eigenvalue weighted by Crippen LogP contribution is 2.15. The first kappa shape index (κ1) is 17.0. The van der Waals surface area contributed by atoms with Crippen molar-refractivity contribution in [1.82, 2.24) is 0 Å². The fourth-order valence-electron chi connectivity index (χ4n) is 1.68. The van der Waals surface area contributed by atoms with Crippen molar-refractivity contribution >= 4 is 17.7 Å². The van der Waals surface area contributed by atoms with Gasteiger partial charge in [0.25, 0.3) is 0 Å². The number of carbonyl (C=O) groups excluding carboxylic acids is 1. The first-order valence-electron chi connectivity index (χ1n) is 6.56. The van der Waals surface area contributed by atoms with E-state index in [1.54, 1.807) is 45.0 Å². The zero-order valence-electron chi connectivity index (χ0n) is 12.7. The van der Waals surface area contributed by atoms with E-state index in [2.05, 4.69) is 5.32 Å². The highest BCUT2D eigenvalue weighted by molar-refractivity contribution is 5.85. The first-order chi connectivity index (χ1) is 9.71. The number of hydrogen-bond donors (Lipinski definition) is 2. The number of ether oxygens (including phenoxy) is 2. The molecule has 0 aliphatic carbocycles. The van der Waals surface area contributed by atoms with Crippen molar-refractivity contribution in [2.45, 2.75) is 38.9 Å². The lowest BCUT2D eigenvalue weighted by Gasteiger charge is -2.20. The van der Waals surface area contributed by atoms with Crippen molar-refractivity contribution in [3.63, 3.8) is 0 Å². The second-order valence-electron chi connectivity index (χ2n) is 5.59. The van der Waals surface area contributed by atoms with Gasteiger partial charge in [-0.05, 0) is 38.5 Å². The smallest absolute Gasteiger partial charge is 0.412 e. The minimum atomic E-state index is -1.02. The molecule has 0 aliphatic heterocycles. The molecular formula is C15H21NO5. The van der Waals surface area contributed by atoms with Gasteiger partial charge < -0.3 is 14.6 Å². The summed E-state index contributed by atoms with van der Waals surface area (Å²) in [7, 11) is 1.35. The number of amides is 1. The fraction of sp³-hybridized carbons (Fsp3) is 0.467. The zero-order valence-corrected chi connectivity index (χ0v) is 12.7. The Morgan fingerprint density at radius 2 is 2.00 bits per heavy atom. The summed E-state index contributed by atoms with van der Waals surface area (Å²) in [4.78, 5) is 22.6. The van der Waals surface area contributed by atoms with Crippen molar-refractivity contribution in [2.24, 2.45) is 0 Å². The Morgan fingerprint density at radius 3 is 2.52 bits per heavy atom. The Kier molecular flexibility index (Phi) is 5.72. The number of aliphatic carboxylic acids is 1. The van der Waals surface area contributed by atoms with Crippen LogP contribution < -0.4 is 5.32 Å². The average Bonchev–Trinajstić information content (AvgIpc) is 2.33. The molecule has 6 nitrogen and oxygen atoms in total. The molecular weight excluding hydrogens is 274 g/mol. The van der Waals surface area contributed by atoms with Gasteiger partial charge in [0, 0.05) is 19.2 Å². The van der Waals surface area contributed by atoms with E-state index < -0.39 is 23.8 Å². The van der Waals surface area contributed by atoms with Gasteiger partial charge >= 0.3 is 12.1 Å². The van der Waals surface area contributed by atoms with Crippen molar-refractivity contribution in [3.05, 3.63) is 29.8 Å². The van der Waals surface area contributed by atoms with Gasteiger partial charge in [0.05, 0.1) is 0 Å². The van der Waals surface area contributed by atoms with E-state index in [9.17, 15) is 9.59 Å². The molecule has 1 rings (SSSR count). The van der Waals surface area contributed by atoms with Crippen LogP contribution in [0, 0.1) is 0 Å². The number of methoxy groups -OCH3 is 1. The third-order valence-corrected chi connectivity index (χ3v) is 2.55. The van der Waals surface area contributed by atoms with E-state index in [1.807, 2.05) is 0 Å². The first-order valence-corrected chi connectivity index (χ1v) is 6.56. The molecule has 0 heterocycles. The lowest BCUT2D eigenvalue weighted by atomic mass is 10.1. The minimum absolute atomic E-state index is 0.218. The monoisotopic (exact) mass is 295 g/mol.